The molecule has 182 valence electrons. The molecule has 0 spiro atoms. The van der Waals surface area contributed by atoms with E-state index in [1.807, 2.05) is 6.07 Å². The molecule has 5 heterocycles. The Labute approximate surface area is 196 Å². The predicted octanol–water partition coefficient (Wildman–Crippen LogP) is -0.509. The SMILES string of the molecule is CN1CCC(CNC(=O)[C@H]2O[C@@H](n3cc(-c4ccn(C)n4)c4c(N)ncnc43)[C@H](O)[C@@H]2O)CC1. The molecule has 0 aromatic carbocycles. The number of nitrogens with zero attached hydrogens (tertiary/aromatic N) is 6. The zero-order valence-electron chi connectivity index (χ0n) is 19.2. The zero-order chi connectivity index (χ0) is 24.0. The minimum absolute atomic E-state index is 0.254. The van der Waals surface area contributed by atoms with Crippen LogP contribution in [0.15, 0.2) is 24.8 Å². The predicted molar refractivity (Wildman–Crippen MR) is 123 cm³/mol. The summed E-state index contributed by atoms with van der Waals surface area (Å²) in [4.78, 5) is 23.5. The fourth-order valence-corrected chi connectivity index (χ4v) is 4.77. The molecule has 34 heavy (non-hydrogen) atoms. The standard InChI is InChI=1S/C22H30N8O4/c1-28-6-3-12(4-7-28)9-24-21(33)18-16(31)17(32)22(34-18)30-10-13(14-5-8-29(2)27-14)15-19(23)25-11-26-20(15)30/h5,8,10-12,16-18,22,31-32H,3-4,6-7,9H2,1-2H3,(H,24,33)(H2,23,25,26)/t16-,17+,18-,22+/m0/s1. The Hall–Kier alpha value is -3.06. The molecular weight excluding hydrogens is 440 g/mol. The van der Waals surface area contributed by atoms with Crippen LogP contribution in [-0.4, -0.2) is 90.3 Å². The van der Waals surface area contributed by atoms with E-state index in [9.17, 15) is 15.0 Å². The summed E-state index contributed by atoms with van der Waals surface area (Å²) in [6.45, 7) is 2.50. The van der Waals surface area contributed by atoms with Crippen LogP contribution in [0.25, 0.3) is 22.3 Å². The average Bonchev–Trinajstić information content (AvgIpc) is 3.50. The quantitative estimate of drug-likeness (QED) is 0.386. The molecule has 0 unspecified atom stereocenters. The first kappa shape index (κ1) is 22.7. The third-order valence-electron chi connectivity index (χ3n) is 6.80. The van der Waals surface area contributed by atoms with Crippen molar-refractivity contribution in [2.75, 3.05) is 32.4 Å². The molecule has 4 atom stereocenters. The van der Waals surface area contributed by atoms with Gasteiger partial charge in [0.05, 0.1) is 11.1 Å². The highest BCUT2D eigenvalue weighted by Gasteiger charge is 2.48. The van der Waals surface area contributed by atoms with Gasteiger partial charge < -0.3 is 35.5 Å². The molecule has 0 radical (unpaired) electrons. The van der Waals surface area contributed by atoms with Crippen molar-refractivity contribution in [1.82, 2.24) is 34.5 Å². The fraction of sp³-hybridized carbons (Fsp3) is 0.545. The van der Waals surface area contributed by atoms with Crippen molar-refractivity contribution < 1.29 is 19.7 Å². The lowest BCUT2D eigenvalue weighted by Gasteiger charge is -2.29. The molecule has 12 heteroatoms. The van der Waals surface area contributed by atoms with Gasteiger partial charge in [-0.25, -0.2) is 9.97 Å². The largest absolute Gasteiger partial charge is 0.387 e. The number of aliphatic hydroxyl groups is 2. The van der Waals surface area contributed by atoms with Crippen LogP contribution in [0.5, 0.6) is 0 Å². The van der Waals surface area contributed by atoms with Gasteiger partial charge in [0.1, 0.15) is 30.0 Å². The van der Waals surface area contributed by atoms with Gasteiger partial charge >= 0.3 is 0 Å². The Morgan fingerprint density at radius 2 is 2.00 bits per heavy atom. The van der Waals surface area contributed by atoms with E-state index in [2.05, 4.69) is 32.3 Å². The zero-order valence-corrected chi connectivity index (χ0v) is 19.2. The molecule has 2 aliphatic rings. The summed E-state index contributed by atoms with van der Waals surface area (Å²) in [5, 5.41) is 29.4. The van der Waals surface area contributed by atoms with E-state index in [-0.39, 0.29) is 5.82 Å². The molecule has 3 aromatic heterocycles. The Morgan fingerprint density at radius 3 is 2.71 bits per heavy atom. The van der Waals surface area contributed by atoms with Gasteiger partial charge in [0.2, 0.25) is 0 Å². The molecular formula is C22H30N8O4. The number of hydrogen-bond donors (Lipinski definition) is 4. The van der Waals surface area contributed by atoms with E-state index >= 15 is 0 Å². The lowest BCUT2D eigenvalue weighted by atomic mass is 9.97. The smallest absolute Gasteiger partial charge is 0.252 e. The van der Waals surface area contributed by atoms with E-state index in [0.29, 0.717) is 34.8 Å². The van der Waals surface area contributed by atoms with Crippen LogP contribution in [0, 0.1) is 5.92 Å². The van der Waals surface area contributed by atoms with Crippen LogP contribution >= 0.6 is 0 Å². The molecule has 5 N–H and O–H groups in total. The molecule has 0 saturated carbocycles. The topological polar surface area (TPSA) is 157 Å². The van der Waals surface area contributed by atoms with Crippen molar-refractivity contribution in [1.29, 1.82) is 0 Å². The van der Waals surface area contributed by atoms with E-state index in [4.69, 9.17) is 10.5 Å². The number of carbonyl (C=O) groups excluding carboxylic acids is 1. The van der Waals surface area contributed by atoms with Crippen molar-refractivity contribution in [2.45, 2.75) is 37.4 Å². The number of amides is 1. The minimum Gasteiger partial charge on any atom is -0.387 e. The summed E-state index contributed by atoms with van der Waals surface area (Å²) in [6, 6.07) is 1.83. The fourth-order valence-electron chi connectivity index (χ4n) is 4.77. The van der Waals surface area contributed by atoms with Crippen molar-refractivity contribution in [3.63, 3.8) is 0 Å². The van der Waals surface area contributed by atoms with E-state index in [0.717, 1.165) is 25.9 Å². The molecule has 2 saturated heterocycles. The number of aryl methyl sites for hydroxylation is 1. The number of aromatic nitrogens is 5. The first-order valence-electron chi connectivity index (χ1n) is 11.4. The molecule has 0 bridgehead atoms. The van der Waals surface area contributed by atoms with Crippen LogP contribution < -0.4 is 11.1 Å². The number of nitrogen functional groups attached to an aromatic ring is 1. The highest BCUT2D eigenvalue weighted by molar-refractivity contribution is 5.99. The number of nitrogens with two attached hydrogens (primary N) is 1. The number of piperidine rings is 1. The number of ether oxygens (including phenoxy) is 1. The van der Waals surface area contributed by atoms with Crippen LogP contribution in [0.1, 0.15) is 19.1 Å². The van der Waals surface area contributed by atoms with Crippen LogP contribution in [0.3, 0.4) is 0 Å². The first-order valence-corrected chi connectivity index (χ1v) is 11.4. The van der Waals surface area contributed by atoms with Crippen molar-refractivity contribution in [2.24, 2.45) is 13.0 Å². The Kier molecular flexibility index (Phi) is 5.98. The summed E-state index contributed by atoms with van der Waals surface area (Å²) in [5.74, 6) is 0.196. The Bertz CT molecular complexity index is 1180. The molecule has 5 rings (SSSR count). The maximum Gasteiger partial charge on any atom is 0.252 e. The van der Waals surface area contributed by atoms with Gasteiger partial charge in [-0.2, -0.15) is 5.10 Å². The van der Waals surface area contributed by atoms with Crippen LogP contribution in [-0.2, 0) is 16.6 Å². The van der Waals surface area contributed by atoms with Gasteiger partial charge in [0, 0.05) is 31.5 Å². The number of nitrogens with one attached hydrogen (secondary N) is 1. The second-order valence-corrected chi connectivity index (χ2v) is 9.20. The number of rotatable bonds is 5. The van der Waals surface area contributed by atoms with E-state index < -0.39 is 30.4 Å². The second kappa shape index (κ2) is 8.95. The summed E-state index contributed by atoms with van der Waals surface area (Å²) in [6.07, 6.45) is 1.85. The maximum absolute atomic E-state index is 12.8. The number of aliphatic hydroxyl groups excluding tert-OH is 2. The van der Waals surface area contributed by atoms with Gasteiger partial charge in [-0.15, -0.1) is 0 Å². The molecule has 2 aliphatic heterocycles. The van der Waals surface area contributed by atoms with E-state index in [1.165, 1.54) is 6.33 Å². The third-order valence-corrected chi connectivity index (χ3v) is 6.80. The second-order valence-electron chi connectivity index (χ2n) is 9.20. The summed E-state index contributed by atoms with van der Waals surface area (Å²) >= 11 is 0. The summed E-state index contributed by atoms with van der Waals surface area (Å²) < 4.78 is 9.15. The number of carbonyl (C=O) groups is 1. The Morgan fingerprint density at radius 1 is 1.24 bits per heavy atom. The summed E-state index contributed by atoms with van der Waals surface area (Å²) in [7, 11) is 3.89. The number of anilines is 1. The van der Waals surface area contributed by atoms with Gasteiger partial charge in [-0.1, -0.05) is 0 Å². The van der Waals surface area contributed by atoms with Gasteiger partial charge in [-0.3, -0.25) is 9.48 Å². The highest BCUT2D eigenvalue weighted by atomic mass is 16.6. The molecule has 1 amide bonds. The van der Waals surface area contributed by atoms with Gasteiger partial charge in [-0.05, 0) is 45.0 Å². The van der Waals surface area contributed by atoms with Gasteiger partial charge in [0.15, 0.2) is 12.3 Å². The van der Waals surface area contributed by atoms with Crippen LogP contribution in [0.2, 0.25) is 0 Å². The van der Waals surface area contributed by atoms with Crippen LogP contribution in [0.4, 0.5) is 5.82 Å². The third kappa shape index (κ3) is 4.02. The van der Waals surface area contributed by atoms with E-state index in [1.54, 1.807) is 28.7 Å². The number of hydrogen-bond acceptors (Lipinski definition) is 9. The number of fused-ring (bicyclic) bond motifs is 1. The lowest BCUT2D eigenvalue weighted by Crippen LogP contribution is -2.45. The Balaban J connectivity index is 1.38. The lowest BCUT2D eigenvalue weighted by molar-refractivity contribution is -0.137. The van der Waals surface area contributed by atoms with Crippen molar-refractivity contribution >= 4 is 22.8 Å². The molecule has 3 aromatic rings. The normalized spacial score (nSPS) is 26.4. The van der Waals surface area contributed by atoms with Gasteiger partial charge in [0.25, 0.3) is 5.91 Å². The summed E-state index contributed by atoms with van der Waals surface area (Å²) in [5.41, 5.74) is 7.87. The molecule has 12 nitrogen and oxygen atoms in total. The minimum atomic E-state index is -1.39. The monoisotopic (exact) mass is 470 g/mol. The highest BCUT2D eigenvalue weighted by Crippen LogP contribution is 2.38. The first-order chi connectivity index (χ1) is 16.3. The maximum atomic E-state index is 12.8. The van der Waals surface area contributed by atoms with Crippen molar-refractivity contribution in [3.05, 3.63) is 24.8 Å². The average molecular weight is 471 g/mol. The molecule has 2 fully saturated rings. The number of likely N-dealkylation sites (tertiary alicyclic amines) is 1. The van der Waals surface area contributed by atoms with Crippen molar-refractivity contribution in [3.8, 4) is 11.3 Å². The molecule has 0 aliphatic carbocycles.